The fourth-order valence-electron chi connectivity index (χ4n) is 3.23. The molecule has 1 fully saturated rings. The lowest BCUT2D eigenvalue weighted by molar-refractivity contribution is -0.384. The zero-order valence-corrected chi connectivity index (χ0v) is 17.5. The maximum Gasteiger partial charge on any atom is 0.293 e. The molecular weight excluding hydrogens is 428 g/mol. The van der Waals surface area contributed by atoms with E-state index in [-0.39, 0.29) is 22.9 Å². The summed E-state index contributed by atoms with van der Waals surface area (Å²) < 4.78 is 0. The second kappa shape index (κ2) is 8.99. The molecule has 0 spiro atoms. The van der Waals surface area contributed by atoms with E-state index in [9.17, 15) is 24.5 Å². The summed E-state index contributed by atoms with van der Waals surface area (Å²) in [6, 6.07) is 22.4. The second-order valence-corrected chi connectivity index (χ2v) is 7.98. The molecule has 4 rings (SSSR count). The first-order chi connectivity index (χ1) is 15.4. The normalized spacial score (nSPS) is 14.8. The summed E-state index contributed by atoms with van der Waals surface area (Å²) in [5, 5.41) is 10.4. The van der Waals surface area contributed by atoms with E-state index in [2.05, 4.69) is 0 Å². The summed E-state index contributed by atoms with van der Waals surface area (Å²) in [5.74, 6) is -0.954. The zero-order valence-electron chi connectivity index (χ0n) is 16.6. The summed E-state index contributed by atoms with van der Waals surface area (Å²) in [6.07, 6.45) is 1.41. The van der Waals surface area contributed by atoms with Crippen molar-refractivity contribution in [2.45, 2.75) is 0 Å². The second-order valence-electron chi connectivity index (χ2n) is 6.99. The largest absolute Gasteiger partial charge is 0.293 e. The summed E-state index contributed by atoms with van der Waals surface area (Å²) in [7, 11) is 0. The van der Waals surface area contributed by atoms with Crippen LogP contribution >= 0.6 is 11.8 Å². The lowest BCUT2D eigenvalue weighted by Gasteiger charge is -2.11. The number of benzene rings is 3. The molecule has 0 bridgehead atoms. The molecular formula is C24H16N2O5S. The van der Waals surface area contributed by atoms with Gasteiger partial charge in [-0.25, -0.2) is 0 Å². The molecule has 0 aromatic heterocycles. The Morgan fingerprint density at radius 2 is 1.62 bits per heavy atom. The average Bonchev–Trinajstić information content (AvgIpc) is 3.07. The predicted molar refractivity (Wildman–Crippen MR) is 122 cm³/mol. The SMILES string of the molecule is O=C(CN1C(=O)S/C(=C/c2cccc([N+](=O)[O-])c2)C1=O)c1ccc(-c2ccccc2)cc1. The van der Waals surface area contributed by atoms with Crippen LogP contribution in [0.1, 0.15) is 15.9 Å². The van der Waals surface area contributed by atoms with Crippen molar-refractivity contribution >= 4 is 40.5 Å². The van der Waals surface area contributed by atoms with Gasteiger partial charge in [-0.15, -0.1) is 0 Å². The third-order valence-electron chi connectivity index (χ3n) is 4.87. The number of amides is 2. The number of nitro groups is 1. The van der Waals surface area contributed by atoms with Gasteiger partial charge in [0.1, 0.15) is 0 Å². The molecule has 2 amide bonds. The minimum absolute atomic E-state index is 0.114. The standard InChI is InChI=1S/C24H16N2O5S/c27-21(19-11-9-18(10-12-19)17-6-2-1-3-7-17)15-25-23(28)22(32-24(25)29)14-16-5-4-8-20(13-16)26(30)31/h1-14H,15H2/b22-14+. The van der Waals surface area contributed by atoms with Gasteiger partial charge in [0.15, 0.2) is 5.78 Å². The van der Waals surface area contributed by atoms with E-state index in [0.29, 0.717) is 22.9 Å². The van der Waals surface area contributed by atoms with Gasteiger partial charge in [-0.05, 0) is 34.5 Å². The highest BCUT2D eigenvalue weighted by Crippen LogP contribution is 2.33. The van der Waals surface area contributed by atoms with Crippen LogP contribution in [0, 0.1) is 10.1 Å². The van der Waals surface area contributed by atoms with Gasteiger partial charge in [-0.2, -0.15) is 0 Å². The smallest absolute Gasteiger partial charge is 0.292 e. The number of Topliss-reactive ketones (excluding diaryl/α,β-unsaturated/α-hetero) is 1. The third kappa shape index (κ3) is 4.50. The van der Waals surface area contributed by atoms with Gasteiger partial charge < -0.3 is 0 Å². The van der Waals surface area contributed by atoms with Crippen LogP contribution in [0.3, 0.4) is 0 Å². The Bertz CT molecular complexity index is 1250. The number of nitrogens with zero attached hydrogens (tertiary/aromatic N) is 2. The van der Waals surface area contributed by atoms with Crippen molar-refractivity contribution in [2.24, 2.45) is 0 Å². The van der Waals surface area contributed by atoms with Crippen molar-refractivity contribution in [3.05, 3.63) is 105 Å². The van der Waals surface area contributed by atoms with E-state index in [4.69, 9.17) is 0 Å². The Morgan fingerprint density at radius 1 is 0.938 bits per heavy atom. The van der Waals surface area contributed by atoms with Gasteiger partial charge in [-0.1, -0.05) is 66.7 Å². The van der Waals surface area contributed by atoms with E-state index in [1.54, 1.807) is 18.2 Å². The quantitative estimate of drug-likeness (QED) is 0.225. The van der Waals surface area contributed by atoms with Crippen molar-refractivity contribution in [3.8, 4) is 11.1 Å². The number of carbonyl (C=O) groups excluding carboxylic acids is 3. The molecule has 0 N–H and O–H groups in total. The average molecular weight is 444 g/mol. The van der Waals surface area contributed by atoms with Crippen LogP contribution in [0.4, 0.5) is 10.5 Å². The highest BCUT2D eigenvalue weighted by atomic mass is 32.2. The van der Waals surface area contributed by atoms with Crippen molar-refractivity contribution in [3.63, 3.8) is 0 Å². The summed E-state index contributed by atoms with van der Waals surface area (Å²) in [5.41, 5.74) is 2.67. The van der Waals surface area contributed by atoms with E-state index in [1.807, 2.05) is 42.5 Å². The number of nitro benzene ring substituents is 1. The van der Waals surface area contributed by atoms with E-state index in [1.165, 1.54) is 24.3 Å². The Hall–Kier alpha value is -4.04. The molecule has 1 saturated heterocycles. The molecule has 32 heavy (non-hydrogen) atoms. The summed E-state index contributed by atoms with van der Waals surface area (Å²) in [6.45, 7) is -0.373. The number of ketones is 1. The third-order valence-corrected chi connectivity index (χ3v) is 5.78. The fraction of sp³-hybridized carbons (Fsp3) is 0.0417. The number of imide groups is 1. The van der Waals surface area contributed by atoms with Gasteiger partial charge in [0.25, 0.3) is 16.8 Å². The van der Waals surface area contributed by atoms with Crippen LogP contribution in [0.2, 0.25) is 0 Å². The van der Waals surface area contributed by atoms with Crippen LogP contribution < -0.4 is 0 Å². The number of hydrogen-bond acceptors (Lipinski definition) is 6. The van der Waals surface area contributed by atoms with Crippen molar-refractivity contribution in [2.75, 3.05) is 6.54 Å². The maximum atomic E-state index is 12.7. The molecule has 0 atom stereocenters. The summed E-state index contributed by atoms with van der Waals surface area (Å²) in [4.78, 5) is 49.1. The van der Waals surface area contributed by atoms with Crippen LogP contribution in [-0.2, 0) is 4.79 Å². The number of carbonyl (C=O) groups is 3. The van der Waals surface area contributed by atoms with Gasteiger partial charge in [0.2, 0.25) is 0 Å². The van der Waals surface area contributed by atoms with Gasteiger partial charge in [-0.3, -0.25) is 29.4 Å². The molecule has 3 aromatic carbocycles. The van der Waals surface area contributed by atoms with Crippen LogP contribution in [-0.4, -0.2) is 33.3 Å². The topological polar surface area (TPSA) is 97.6 Å². The predicted octanol–water partition coefficient (Wildman–Crippen LogP) is 5.18. The van der Waals surface area contributed by atoms with E-state index in [0.717, 1.165) is 16.0 Å². The van der Waals surface area contributed by atoms with Crippen molar-refractivity contribution in [1.29, 1.82) is 0 Å². The summed E-state index contributed by atoms with van der Waals surface area (Å²) >= 11 is 0.704. The Kier molecular flexibility index (Phi) is 5.96. The van der Waals surface area contributed by atoms with Crippen LogP contribution in [0.25, 0.3) is 17.2 Å². The van der Waals surface area contributed by atoms with E-state index >= 15 is 0 Å². The molecule has 7 nitrogen and oxygen atoms in total. The van der Waals surface area contributed by atoms with Gasteiger partial charge in [0, 0.05) is 17.7 Å². The number of hydrogen-bond donors (Lipinski definition) is 0. The molecule has 158 valence electrons. The van der Waals surface area contributed by atoms with E-state index < -0.39 is 16.1 Å². The van der Waals surface area contributed by atoms with Gasteiger partial charge in [0.05, 0.1) is 16.4 Å². The van der Waals surface area contributed by atoms with Crippen LogP contribution in [0.15, 0.2) is 83.8 Å². The molecule has 1 aliphatic rings. The molecule has 1 aliphatic heterocycles. The first-order valence-electron chi connectivity index (χ1n) is 9.61. The molecule has 0 aliphatic carbocycles. The molecule has 0 unspecified atom stereocenters. The monoisotopic (exact) mass is 444 g/mol. The Morgan fingerprint density at radius 3 is 2.31 bits per heavy atom. The number of non-ortho nitro benzene ring substituents is 1. The Balaban J connectivity index is 1.48. The van der Waals surface area contributed by atoms with Crippen LogP contribution in [0.5, 0.6) is 0 Å². The highest BCUT2D eigenvalue weighted by Gasteiger charge is 2.36. The van der Waals surface area contributed by atoms with Crippen molar-refractivity contribution in [1.82, 2.24) is 4.90 Å². The lowest BCUT2D eigenvalue weighted by Crippen LogP contribution is -2.33. The molecule has 8 heteroatoms. The maximum absolute atomic E-state index is 12.7. The number of rotatable bonds is 6. The fourth-order valence-corrected chi connectivity index (χ4v) is 4.07. The first kappa shape index (κ1) is 21.2. The molecule has 0 radical (unpaired) electrons. The molecule has 0 saturated carbocycles. The molecule has 3 aromatic rings. The van der Waals surface area contributed by atoms with Gasteiger partial charge >= 0.3 is 0 Å². The highest BCUT2D eigenvalue weighted by molar-refractivity contribution is 8.18. The lowest BCUT2D eigenvalue weighted by atomic mass is 10.0. The van der Waals surface area contributed by atoms with Crippen molar-refractivity contribution < 1.29 is 19.3 Å². The first-order valence-corrected chi connectivity index (χ1v) is 10.4. The molecule has 1 heterocycles. The minimum atomic E-state index is -0.597. The number of thioether (sulfide) groups is 1. The zero-order chi connectivity index (χ0) is 22.7. The Labute approximate surface area is 187 Å². The minimum Gasteiger partial charge on any atom is -0.292 e.